The van der Waals surface area contributed by atoms with Crippen LogP contribution in [-0.2, 0) is 9.53 Å². The summed E-state index contributed by atoms with van der Waals surface area (Å²) in [6.07, 6.45) is 3.10. The van der Waals surface area contributed by atoms with E-state index in [9.17, 15) is 18.0 Å². The van der Waals surface area contributed by atoms with E-state index in [0.29, 0.717) is 31.8 Å². The fourth-order valence-corrected chi connectivity index (χ4v) is 4.39. The Balaban J connectivity index is 1.35. The largest absolute Gasteiger partial charge is 0.492 e. The Hall–Kier alpha value is -2.64. The summed E-state index contributed by atoms with van der Waals surface area (Å²) >= 11 is 0. The van der Waals surface area contributed by atoms with Crippen molar-refractivity contribution in [3.8, 4) is 16.9 Å². The number of halogens is 3. The van der Waals surface area contributed by atoms with Gasteiger partial charge in [-0.05, 0) is 68.7 Å². The molecule has 8 heteroatoms. The van der Waals surface area contributed by atoms with Crippen molar-refractivity contribution in [1.29, 1.82) is 0 Å². The lowest BCUT2D eigenvalue weighted by molar-refractivity contribution is -0.184. The molecule has 0 aromatic carbocycles. The summed E-state index contributed by atoms with van der Waals surface area (Å²) in [5, 5.41) is 0. The summed E-state index contributed by atoms with van der Waals surface area (Å²) < 4.78 is 49.5. The molecule has 0 amide bonds. The second-order valence-corrected chi connectivity index (χ2v) is 8.65. The maximum absolute atomic E-state index is 12.8. The predicted octanol–water partition coefficient (Wildman–Crippen LogP) is 5.56. The molecule has 0 spiro atoms. The Morgan fingerprint density at radius 3 is 2.62 bits per heavy atom. The van der Waals surface area contributed by atoms with E-state index in [1.807, 2.05) is 18.2 Å². The SMILES string of the molecule is CCOC(=O)[C@@H]1C[C@H]1c1cc(-c2cncc(OC[C@H]3CC[C@H](C(F)(F)F)CC3)c2)ccn1. The van der Waals surface area contributed by atoms with Gasteiger partial charge in [-0.15, -0.1) is 0 Å². The van der Waals surface area contributed by atoms with Crippen LogP contribution in [0.4, 0.5) is 13.2 Å². The minimum absolute atomic E-state index is 0.0771. The fraction of sp³-hybridized carbons (Fsp3) is 0.542. The maximum atomic E-state index is 12.8. The van der Waals surface area contributed by atoms with E-state index in [1.54, 1.807) is 25.5 Å². The zero-order valence-electron chi connectivity index (χ0n) is 18.0. The maximum Gasteiger partial charge on any atom is 0.391 e. The van der Waals surface area contributed by atoms with Gasteiger partial charge in [-0.25, -0.2) is 0 Å². The van der Waals surface area contributed by atoms with Crippen molar-refractivity contribution in [1.82, 2.24) is 9.97 Å². The molecule has 5 nitrogen and oxygen atoms in total. The first-order valence-corrected chi connectivity index (χ1v) is 11.1. The minimum atomic E-state index is -4.09. The molecular weight excluding hydrogens is 421 g/mol. The van der Waals surface area contributed by atoms with Gasteiger partial charge in [0.05, 0.1) is 31.2 Å². The van der Waals surface area contributed by atoms with Gasteiger partial charge < -0.3 is 9.47 Å². The average molecular weight is 448 g/mol. The number of esters is 1. The summed E-state index contributed by atoms with van der Waals surface area (Å²) in [7, 11) is 0. The third-order valence-corrected chi connectivity index (χ3v) is 6.38. The van der Waals surface area contributed by atoms with E-state index in [4.69, 9.17) is 9.47 Å². The molecule has 32 heavy (non-hydrogen) atoms. The molecule has 0 bridgehead atoms. The number of hydrogen-bond donors (Lipinski definition) is 0. The second kappa shape index (κ2) is 9.46. The zero-order chi connectivity index (χ0) is 22.7. The lowest BCUT2D eigenvalue weighted by Gasteiger charge is -2.29. The molecule has 0 radical (unpaired) electrons. The molecule has 4 rings (SSSR count). The van der Waals surface area contributed by atoms with Crippen LogP contribution in [-0.4, -0.2) is 35.3 Å². The molecule has 0 saturated heterocycles. The topological polar surface area (TPSA) is 61.3 Å². The molecule has 0 unspecified atom stereocenters. The average Bonchev–Trinajstić information content (AvgIpc) is 3.59. The highest BCUT2D eigenvalue weighted by Gasteiger charge is 2.46. The van der Waals surface area contributed by atoms with E-state index in [2.05, 4.69) is 9.97 Å². The van der Waals surface area contributed by atoms with Crippen molar-refractivity contribution in [2.75, 3.05) is 13.2 Å². The molecular formula is C24H27F3N2O3. The van der Waals surface area contributed by atoms with Crippen molar-refractivity contribution < 1.29 is 27.4 Å². The molecule has 0 N–H and O–H groups in total. The van der Waals surface area contributed by atoms with Gasteiger partial charge in [-0.2, -0.15) is 13.2 Å². The Bertz CT molecular complexity index is 942. The van der Waals surface area contributed by atoms with Gasteiger partial charge in [0.15, 0.2) is 0 Å². The number of alkyl halides is 3. The first-order valence-electron chi connectivity index (χ1n) is 11.1. The van der Waals surface area contributed by atoms with Crippen molar-refractivity contribution >= 4 is 5.97 Å². The van der Waals surface area contributed by atoms with E-state index < -0.39 is 12.1 Å². The predicted molar refractivity (Wildman–Crippen MR) is 112 cm³/mol. The Kier molecular flexibility index (Phi) is 6.67. The lowest BCUT2D eigenvalue weighted by Crippen LogP contribution is -2.29. The molecule has 2 aliphatic rings. The van der Waals surface area contributed by atoms with Crippen LogP contribution in [0.25, 0.3) is 11.1 Å². The van der Waals surface area contributed by atoms with E-state index in [1.165, 1.54) is 0 Å². The second-order valence-electron chi connectivity index (χ2n) is 8.65. The van der Waals surface area contributed by atoms with Crippen LogP contribution >= 0.6 is 0 Å². The van der Waals surface area contributed by atoms with Gasteiger partial charge in [0.25, 0.3) is 0 Å². The minimum Gasteiger partial charge on any atom is -0.492 e. The Labute approximate surface area is 185 Å². The standard InChI is InChI=1S/C24H27F3N2O3/c1-2-31-23(30)21-11-20(21)22-10-16(7-8-29-22)17-9-19(13-28-12-17)32-14-15-3-5-18(6-4-15)24(25,26)27/h7-10,12-13,15,18,20-21H,2-6,11,14H2,1H3/t15-,18-,20-,21-/m1/s1. The van der Waals surface area contributed by atoms with Gasteiger partial charge >= 0.3 is 12.1 Å². The number of carbonyl (C=O) groups is 1. The van der Waals surface area contributed by atoms with Gasteiger partial charge in [-0.1, -0.05) is 0 Å². The molecule has 2 aromatic rings. The number of aromatic nitrogens is 2. The summed E-state index contributed by atoms with van der Waals surface area (Å²) in [6, 6.07) is 5.72. The van der Waals surface area contributed by atoms with Crippen LogP contribution in [0.1, 0.15) is 50.6 Å². The zero-order valence-corrected chi connectivity index (χ0v) is 18.0. The van der Waals surface area contributed by atoms with Gasteiger partial charge in [0, 0.05) is 29.6 Å². The highest BCUT2D eigenvalue weighted by atomic mass is 19.4. The molecule has 2 heterocycles. The molecule has 2 saturated carbocycles. The van der Waals surface area contributed by atoms with Crippen LogP contribution < -0.4 is 4.74 Å². The van der Waals surface area contributed by atoms with Gasteiger partial charge in [0.1, 0.15) is 5.75 Å². The first-order chi connectivity index (χ1) is 15.3. The lowest BCUT2D eigenvalue weighted by atomic mass is 9.82. The quantitative estimate of drug-likeness (QED) is 0.519. The molecule has 2 fully saturated rings. The Morgan fingerprint density at radius 1 is 1.12 bits per heavy atom. The molecule has 2 aromatic heterocycles. The molecule has 2 aliphatic carbocycles. The van der Waals surface area contributed by atoms with Gasteiger partial charge in [0.2, 0.25) is 0 Å². The summed E-state index contributed by atoms with van der Waals surface area (Å²) in [5.41, 5.74) is 2.64. The molecule has 0 aliphatic heterocycles. The van der Waals surface area contributed by atoms with E-state index >= 15 is 0 Å². The third-order valence-electron chi connectivity index (χ3n) is 6.38. The number of ether oxygens (including phenoxy) is 2. The number of pyridine rings is 2. The third kappa shape index (κ3) is 5.40. The number of hydrogen-bond acceptors (Lipinski definition) is 5. The van der Waals surface area contributed by atoms with Crippen LogP contribution in [0.5, 0.6) is 5.75 Å². The number of nitrogens with zero attached hydrogens (tertiary/aromatic N) is 2. The van der Waals surface area contributed by atoms with Gasteiger partial charge in [-0.3, -0.25) is 14.8 Å². The summed E-state index contributed by atoms with van der Waals surface area (Å²) in [5.74, 6) is -0.689. The highest BCUT2D eigenvalue weighted by Crippen LogP contribution is 2.48. The first kappa shape index (κ1) is 22.6. The monoisotopic (exact) mass is 448 g/mol. The Morgan fingerprint density at radius 2 is 1.91 bits per heavy atom. The van der Waals surface area contributed by atoms with Crippen molar-refractivity contribution in [3.05, 3.63) is 42.5 Å². The smallest absolute Gasteiger partial charge is 0.391 e. The fourth-order valence-electron chi connectivity index (χ4n) is 4.39. The number of carbonyl (C=O) groups excluding carboxylic acids is 1. The summed E-state index contributed by atoms with van der Waals surface area (Å²) in [4.78, 5) is 20.6. The number of rotatable bonds is 7. The molecule has 172 valence electrons. The molecule has 2 atom stereocenters. The van der Waals surface area contributed by atoms with Crippen LogP contribution in [0, 0.1) is 17.8 Å². The van der Waals surface area contributed by atoms with Crippen LogP contribution in [0.3, 0.4) is 0 Å². The van der Waals surface area contributed by atoms with Crippen molar-refractivity contribution in [2.24, 2.45) is 17.8 Å². The van der Waals surface area contributed by atoms with E-state index in [0.717, 1.165) is 23.2 Å². The van der Waals surface area contributed by atoms with Crippen molar-refractivity contribution in [2.45, 2.75) is 51.1 Å². The van der Waals surface area contributed by atoms with Crippen LogP contribution in [0.2, 0.25) is 0 Å². The summed E-state index contributed by atoms with van der Waals surface area (Å²) in [6.45, 7) is 2.56. The van der Waals surface area contributed by atoms with E-state index in [-0.39, 0.29) is 36.6 Å². The van der Waals surface area contributed by atoms with Crippen LogP contribution in [0.15, 0.2) is 36.8 Å². The normalized spacial score (nSPS) is 25.2. The van der Waals surface area contributed by atoms with Crippen molar-refractivity contribution in [3.63, 3.8) is 0 Å². The highest BCUT2D eigenvalue weighted by molar-refractivity contribution is 5.77.